The molecule has 2 unspecified atom stereocenters. The molecule has 0 bridgehead atoms. The minimum atomic E-state index is -3.11. The molecule has 0 N–H and O–H groups in total. The molecule has 1 aromatic heterocycles. The number of pyridine rings is 1. The van der Waals surface area contributed by atoms with Crippen molar-refractivity contribution >= 4 is 15.8 Å². The number of sulfonamides is 1. The van der Waals surface area contributed by atoms with Gasteiger partial charge in [0.2, 0.25) is 10.0 Å². The maximum absolute atomic E-state index is 12.9. The van der Waals surface area contributed by atoms with Crippen LogP contribution < -0.4 is 4.90 Å². The minimum Gasteiger partial charge on any atom is -0.355 e. The Morgan fingerprint density at radius 1 is 1.19 bits per heavy atom. The van der Waals surface area contributed by atoms with Crippen LogP contribution in [0.3, 0.4) is 0 Å². The topological polar surface area (TPSA) is 53.5 Å². The van der Waals surface area contributed by atoms with Crippen molar-refractivity contribution in [2.75, 3.05) is 24.5 Å². The van der Waals surface area contributed by atoms with Crippen LogP contribution in [0.1, 0.15) is 19.3 Å². The standard InChI is InChI=1S/C14H18FN3O2S/c15-11-1-4-14(16-7-11)17-8-10-5-6-18(13(10)9-17)21(19,20)12-2-3-12/h1,4,7,10,12-13H,2-3,5-6,8-9H2. The van der Waals surface area contributed by atoms with Crippen LogP contribution in [0.15, 0.2) is 18.3 Å². The monoisotopic (exact) mass is 311 g/mol. The van der Waals surface area contributed by atoms with Crippen molar-refractivity contribution in [3.05, 3.63) is 24.1 Å². The molecule has 1 aliphatic carbocycles. The summed E-state index contributed by atoms with van der Waals surface area (Å²) in [5.74, 6) is 0.746. The Morgan fingerprint density at radius 2 is 2.00 bits per heavy atom. The van der Waals surface area contributed by atoms with Gasteiger partial charge in [-0.1, -0.05) is 0 Å². The third-order valence-corrected chi connectivity index (χ3v) is 7.23. The van der Waals surface area contributed by atoms with Crippen molar-refractivity contribution in [2.24, 2.45) is 5.92 Å². The summed E-state index contributed by atoms with van der Waals surface area (Å²) in [6.45, 7) is 2.12. The van der Waals surface area contributed by atoms with E-state index in [1.165, 1.54) is 12.3 Å². The van der Waals surface area contributed by atoms with Gasteiger partial charge in [-0.15, -0.1) is 0 Å². The van der Waals surface area contributed by atoms with Gasteiger partial charge in [0.1, 0.15) is 11.6 Å². The van der Waals surface area contributed by atoms with Crippen molar-refractivity contribution in [2.45, 2.75) is 30.6 Å². The molecule has 7 heteroatoms. The Balaban J connectivity index is 1.54. The van der Waals surface area contributed by atoms with E-state index in [0.29, 0.717) is 19.0 Å². The Kier molecular flexibility index (Phi) is 2.97. The summed E-state index contributed by atoms with van der Waals surface area (Å²) in [5, 5.41) is -0.144. The molecule has 0 aromatic carbocycles. The maximum atomic E-state index is 12.9. The molecule has 0 spiro atoms. The first-order valence-electron chi connectivity index (χ1n) is 7.43. The van der Waals surface area contributed by atoms with Crippen molar-refractivity contribution in [1.29, 1.82) is 0 Å². The fourth-order valence-electron chi connectivity index (χ4n) is 3.54. The second-order valence-electron chi connectivity index (χ2n) is 6.21. The molecular weight excluding hydrogens is 293 g/mol. The first-order valence-corrected chi connectivity index (χ1v) is 8.93. The first kappa shape index (κ1) is 13.5. The van der Waals surface area contributed by atoms with Crippen LogP contribution in [0.5, 0.6) is 0 Å². The highest BCUT2D eigenvalue weighted by Gasteiger charge is 2.50. The van der Waals surface area contributed by atoms with E-state index in [9.17, 15) is 12.8 Å². The lowest BCUT2D eigenvalue weighted by molar-refractivity contribution is 0.384. The summed E-state index contributed by atoms with van der Waals surface area (Å²) in [5.41, 5.74) is 0. The Hall–Kier alpha value is -1.21. The third-order valence-electron chi connectivity index (χ3n) is 4.80. The molecule has 0 radical (unpaired) electrons. The Bertz CT molecular complexity index is 645. The van der Waals surface area contributed by atoms with Crippen molar-refractivity contribution in [3.8, 4) is 0 Å². The van der Waals surface area contributed by atoms with Crippen LogP contribution in [-0.2, 0) is 10.0 Å². The molecule has 1 aromatic rings. The Labute approximate surface area is 123 Å². The summed E-state index contributed by atoms with van der Waals surface area (Å²) in [7, 11) is -3.11. The Morgan fingerprint density at radius 3 is 2.67 bits per heavy atom. The van der Waals surface area contributed by atoms with E-state index in [4.69, 9.17) is 0 Å². The average Bonchev–Trinajstić information content (AvgIpc) is 3.12. The lowest BCUT2D eigenvalue weighted by Crippen LogP contribution is -2.41. The number of aromatic nitrogens is 1. The van der Waals surface area contributed by atoms with Crippen molar-refractivity contribution in [1.82, 2.24) is 9.29 Å². The zero-order valence-electron chi connectivity index (χ0n) is 11.7. The van der Waals surface area contributed by atoms with E-state index >= 15 is 0 Å². The normalized spacial score (nSPS) is 29.9. The molecule has 1 saturated carbocycles. The maximum Gasteiger partial charge on any atom is 0.217 e. The molecule has 3 fully saturated rings. The van der Waals surface area contributed by atoms with Gasteiger partial charge < -0.3 is 4.90 Å². The fourth-order valence-corrected chi connectivity index (χ4v) is 5.63. The van der Waals surface area contributed by atoms with Gasteiger partial charge in [-0.3, -0.25) is 0 Å². The van der Waals surface area contributed by atoms with E-state index in [1.54, 1.807) is 10.4 Å². The second-order valence-corrected chi connectivity index (χ2v) is 8.38. The van der Waals surface area contributed by atoms with Gasteiger partial charge in [-0.2, -0.15) is 4.31 Å². The highest BCUT2D eigenvalue weighted by molar-refractivity contribution is 7.90. The number of rotatable bonds is 3. The number of nitrogens with zero attached hydrogens (tertiary/aromatic N) is 3. The fraction of sp³-hybridized carbons (Fsp3) is 0.643. The van der Waals surface area contributed by atoms with Gasteiger partial charge in [0.05, 0.1) is 11.4 Å². The highest BCUT2D eigenvalue weighted by Crippen LogP contribution is 2.40. The molecule has 4 rings (SSSR count). The number of fused-ring (bicyclic) bond motifs is 1. The summed E-state index contributed by atoms with van der Waals surface area (Å²) in [4.78, 5) is 6.18. The van der Waals surface area contributed by atoms with Crippen LogP contribution in [0.2, 0.25) is 0 Å². The van der Waals surface area contributed by atoms with Crippen LogP contribution >= 0.6 is 0 Å². The zero-order chi connectivity index (χ0) is 14.6. The molecule has 0 amide bonds. The summed E-state index contributed by atoms with van der Waals surface area (Å²) >= 11 is 0. The minimum absolute atomic E-state index is 0.0578. The van der Waals surface area contributed by atoms with Crippen molar-refractivity contribution < 1.29 is 12.8 Å². The number of hydrogen-bond acceptors (Lipinski definition) is 4. The summed E-state index contributed by atoms with van der Waals surface area (Å²) in [6.07, 6.45) is 3.73. The summed E-state index contributed by atoms with van der Waals surface area (Å²) in [6, 6.07) is 3.12. The number of hydrogen-bond donors (Lipinski definition) is 0. The molecule has 3 heterocycles. The average molecular weight is 311 g/mol. The van der Waals surface area contributed by atoms with Gasteiger partial charge in [0, 0.05) is 25.7 Å². The summed E-state index contributed by atoms with van der Waals surface area (Å²) < 4.78 is 39.6. The molecule has 2 atom stereocenters. The van der Waals surface area contributed by atoms with Gasteiger partial charge in [-0.25, -0.2) is 17.8 Å². The van der Waals surface area contributed by atoms with Gasteiger partial charge in [-0.05, 0) is 37.3 Å². The SMILES string of the molecule is O=S(=O)(C1CC1)N1CCC2CN(c3ccc(F)cn3)CC21. The van der Waals surface area contributed by atoms with Crippen molar-refractivity contribution in [3.63, 3.8) is 0 Å². The molecule has 114 valence electrons. The van der Waals surface area contributed by atoms with Gasteiger partial charge in [0.15, 0.2) is 0 Å². The van der Waals surface area contributed by atoms with Crippen LogP contribution in [0.25, 0.3) is 0 Å². The quantitative estimate of drug-likeness (QED) is 0.842. The highest BCUT2D eigenvalue weighted by atomic mass is 32.2. The lowest BCUT2D eigenvalue weighted by Gasteiger charge is -2.24. The zero-order valence-corrected chi connectivity index (χ0v) is 12.5. The lowest BCUT2D eigenvalue weighted by atomic mass is 10.1. The molecule has 2 saturated heterocycles. The second kappa shape index (κ2) is 4.64. The van der Waals surface area contributed by atoms with E-state index in [1.807, 2.05) is 0 Å². The largest absolute Gasteiger partial charge is 0.355 e. The molecule has 2 aliphatic heterocycles. The van der Waals surface area contributed by atoms with Crippen LogP contribution in [-0.4, -0.2) is 48.6 Å². The smallest absolute Gasteiger partial charge is 0.217 e. The number of halogens is 1. The van der Waals surface area contributed by atoms with E-state index in [2.05, 4.69) is 9.88 Å². The molecular formula is C14H18FN3O2S. The predicted octanol–water partition coefficient (Wildman–Crippen LogP) is 1.22. The van der Waals surface area contributed by atoms with Gasteiger partial charge >= 0.3 is 0 Å². The number of anilines is 1. The van der Waals surface area contributed by atoms with E-state index in [-0.39, 0.29) is 17.1 Å². The third kappa shape index (κ3) is 2.23. The van der Waals surface area contributed by atoms with Crippen LogP contribution in [0, 0.1) is 11.7 Å². The van der Waals surface area contributed by atoms with E-state index in [0.717, 1.165) is 31.6 Å². The molecule has 5 nitrogen and oxygen atoms in total. The van der Waals surface area contributed by atoms with Gasteiger partial charge in [0.25, 0.3) is 0 Å². The predicted molar refractivity (Wildman–Crippen MR) is 77.0 cm³/mol. The first-order chi connectivity index (χ1) is 10.1. The molecule has 3 aliphatic rings. The van der Waals surface area contributed by atoms with Crippen LogP contribution in [0.4, 0.5) is 10.2 Å². The van der Waals surface area contributed by atoms with E-state index < -0.39 is 10.0 Å². The molecule has 21 heavy (non-hydrogen) atoms.